The third-order valence-electron chi connectivity index (χ3n) is 2.07. The van der Waals surface area contributed by atoms with Crippen LogP contribution in [-0.2, 0) is 0 Å². The van der Waals surface area contributed by atoms with Gasteiger partial charge in [-0.1, -0.05) is 18.1 Å². The zero-order chi connectivity index (χ0) is 11.3. The van der Waals surface area contributed by atoms with Crippen molar-refractivity contribution in [3.63, 3.8) is 0 Å². The molecule has 0 unspecified atom stereocenters. The van der Waals surface area contributed by atoms with Crippen molar-refractivity contribution in [3.05, 3.63) is 29.8 Å². The lowest BCUT2D eigenvalue weighted by Gasteiger charge is -2.13. The van der Waals surface area contributed by atoms with Crippen molar-refractivity contribution in [1.82, 2.24) is 4.84 Å². The highest BCUT2D eigenvalue weighted by Crippen LogP contribution is 2.20. The van der Waals surface area contributed by atoms with E-state index in [0.717, 1.165) is 11.3 Å². The Kier molecular flexibility index (Phi) is 4.48. The molecule has 3 heteroatoms. The maximum Gasteiger partial charge on any atom is 0.156 e. The Morgan fingerprint density at radius 2 is 2.20 bits per heavy atom. The van der Waals surface area contributed by atoms with Crippen LogP contribution >= 0.6 is 11.8 Å². The Balaban J connectivity index is 2.79. The number of hydrogen-bond donors (Lipinski definition) is 1. The van der Waals surface area contributed by atoms with Crippen molar-refractivity contribution in [3.8, 4) is 18.1 Å². The van der Waals surface area contributed by atoms with Crippen LogP contribution in [0.5, 0.6) is 5.75 Å². The molecular weight excluding hydrogens is 210 g/mol. The molecule has 0 bridgehead atoms. The van der Waals surface area contributed by atoms with E-state index in [0.29, 0.717) is 0 Å². The predicted molar refractivity (Wildman–Crippen MR) is 62.8 cm³/mol. The number of hydrogen-bond acceptors (Lipinski definition) is 2. The first-order chi connectivity index (χ1) is 7.17. The molecule has 1 aromatic carbocycles. The fourth-order valence-electron chi connectivity index (χ4n) is 1.16. The van der Waals surface area contributed by atoms with Gasteiger partial charge in [-0.2, -0.15) is 0 Å². The van der Waals surface area contributed by atoms with Crippen LogP contribution in [0.4, 0.5) is 0 Å². The van der Waals surface area contributed by atoms with E-state index in [4.69, 9.17) is 22.9 Å². The van der Waals surface area contributed by atoms with Crippen LogP contribution in [0.25, 0.3) is 0 Å². The number of halogens is 1. The zero-order valence-electron chi connectivity index (χ0n) is 8.83. The first-order valence-corrected chi connectivity index (χ1v) is 5.14. The summed E-state index contributed by atoms with van der Waals surface area (Å²) < 4.78 is 5.49. The zero-order valence-corrected chi connectivity index (χ0v) is 9.58. The molecule has 1 N–H and O–H groups in total. The Labute approximate surface area is 95.7 Å². The van der Waals surface area contributed by atoms with Crippen molar-refractivity contribution >= 4 is 11.8 Å². The van der Waals surface area contributed by atoms with Gasteiger partial charge in [-0.05, 0) is 43.3 Å². The summed E-state index contributed by atoms with van der Waals surface area (Å²) >= 11 is 5.55. The number of nitrogens with one attached hydrogen (secondary N) is 1. The van der Waals surface area contributed by atoms with Gasteiger partial charge in [-0.15, -0.1) is 6.42 Å². The highest BCUT2D eigenvalue weighted by Gasteiger charge is 2.05. The van der Waals surface area contributed by atoms with Gasteiger partial charge in [-0.25, -0.2) is 4.84 Å². The Morgan fingerprint density at radius 1 is 1.47 bits per heavy atom. The van der Waals surface area contributed by atoms with E-state index in [1.807, 2.05) is 38.1 Å². The third kappa shape index (κ3) is 3.47. The molecule has 0 radical (unpaired) electrons. The average Bonchev–Trinajstić information content (AvgIpc) is 2.28. The molecule has 1 rings (SSSR count). The molecule has 0 spiro atoms. The maximum absolute atomic E-state index is 5.55. The van der Waals surface area contributed by atoms with Crippen LogP contribution in [0.2, 0.25) is 0 Å². The summed E-state index contributed by atoms with van der Waals surface area (Å²) in [6, 6.07) is 7.77. The SMILES string of the molecule is C#C[C@@H](C)Oc1cccc([C@@H](C)NCl)c1. The Morgan fingerprint density at radius 3 is 2.80 bits per heavy atom. The molecule has 0 aliphatic carbocycles. The first-order valence-electron chi connectivity index (χ1n) is 4.76. The molecule has 0 saturated heterocycles. The topological polar surface area (TPSA) is 21.3 Å². The van der Waals surface area contributed by atoms with Crippen LogP contribution in [-0.4, -0.2) is 6.10 Å². The normalized spacial score (nSPS) is 14.0. The van der Waals surface area contributed by atoms with Crippen LogP contribution < -0.4 is 9.57 Å². The van der Waals surface area contributed by atoms with E-state index in [1.54, 1.807) is 0 Å². The summed E-state index contributed by atoms with van der Waals surface area (Å²) in [7, 11) is 0. The summed E-state index contributed by atoms with van der Waals surface area (Å²) in [5, 5.41) is 0. The third-order valence-corrected chi connectivity index (χ3v) is 2.40. The van der Waals surface area contributed by atoms with E-state index < -0.39 is 0 Å². The van der Waals surface area contributed by atoms with Gasteiger partial charge in [-0.3, -0.25) is 0 Å². The van der Waals surface area contributed by atoms with Gasteiger partial charge in [0.05, 0.1) is 0 Å². The molecule has 2 atom stereocenters. The van der Waals surface area contributed by atoms with Gasteiger partial charge in [0.2, 0.25) is 0 Å². The molecule has 15 heavy (non-hydrogen) atoms. The number of terminal acetylenes is 1. The quantitative estimate of drug-likeness (QED) is 0.626. The number of rotatable bonds is 4. The number of benzene rings is 1. The molecule has 0 amide bonds. The van der Waals surface area contributed by atoms with E-state index >= 15 is 0 Å². The first kappa shape index (κ1) is 11.9. The Hall–Kier alpha value is -1.17. The molecule has 0 saturated carbocycles. The smallest absolute Gasteiger partial charge is 0.156 e. The van der Waals surface area contributed by atoms with Crippen LogP contribution in [0.3, 0.4) is 0 Å². The van der Waals surface area contributed by atoms with E-state index in [-0.39, 0.29) is 12.1 Å². The van der Waals surface area contributed by atoms with Crippen molar-refractivity contribution in [2.24, 2.45) is 0 Å². The molecule has 0 fully saturated rings. The predicted octanol–water partition coefficient (Wildman–Crippen LogP) is 2.89. The van der Waals surface area contributed by atoms with E-state index in [1.165, 1.54) is 0 Å². The molecule has 0 heterocycles. The molecular formula is C12H14ClNO. The second-order valence-corrected chi connectivity index (χ2v) is 3.55. The second kappa shape index (κ2) is 5.65. The minimum atomic E-state index is -0.223. The van der Waals surface area contributed by atoms with Crippen molar-refractivity contribution in [2.45, 2.75) is 26.0 Å². The summed E-state index contributed by atoms with van der Waals surface area (Å²) in [5.41, 5.74) is 1.06. The minimum Gasteiger partial charge on any atom is -0.478 e. The molecule has 2 nitrogen and oxygen atoms in total. The molecule has 0 aromatic heterocycles. The van der Waals surface area contributed by atoms with Crippen LogP contribution in [0, 0.1) is 12.3 Å². The number of ether oxygens (including phenoxy) is 1. The Bertz CT molecular complexity index is 359. The highest BCUT2D eigenvalue weighted by atomic mass is 35.5. The van der Waals surface area contributed by atoms with Gasteiger partial charge in [0.15, 0.2) is 6.10 Å². The van der Waals surface area contributed by atoms with Gasteiger partial charge in [0.1, 0.15) is 5.75 Å². The lowest BCUT2D eigenvalue weighted by atomic mass is 10.1. The maximum atomic E-state index is 5.55. The highest BCUT2D eigenvalue weighted by molar-refractivity contribution is 6.13. The van der Waals surface area contributed by atoms with Crippen molar-refractivity contribution < 1.29 is 4.74 Å². The average molecular weight is 224 g/mol. The monoisotopic (exact) mass is 223 g/mol. The molecule has 0 aliphatic rings. The summed E-state index contributed by atoms with van der Waals surface area (Å²) in [6.07, 6.45) is 5.01. The van der Waals surface area contributed by atoms with E-state index in [9.17, 15) is 0 Å². The van der Waals surface area contributed by atoms with Gasteiger partial charge >= 0.3 is 0 Å². The van der Waals surface area contributed by atoms with Crippen molar-refractivity contribution in [1.29, 1.82) is 0 Å². The van der Waals surface area contributed by atoms with Crippen LogP contribution in [0.1, 0.15) is 25.5 Å². The fourth-order valence-corrected chi connectivity index (χ4v) is 1.28. The van der Waals surface area contributed by atoms with Gasteiger partial charge in [0, 0.05) is 6.04 Å². The summed E-state index contributed by atoms with van der Waals surface area (Å²) in [6.45, 7) is 3.80. The summed E-state index contributed by atoms with van der Waals surface area (Å²) in [4.78, 5) is 2.65. The second-order valence-electron chi connectivity index (χ2n) is 3.33. The van der Waals surface area contributed by atoms with Gasteiger partial charge in [0.25, 0.3) is 0 Å². The summed E-state index contributed by atoms with van der Waals surface area (Å²) in [5.74, 6) is 3.27. The minimum absolute atomic E-state index is 0.0800. The molecule has 0 aliphatic heterocycles. The lowest BCUT2D eigenvalue weighted by molar-refractivity contribution is 0.278. The largest absolute Gasteiger partial charge is 0.478 e. The van der Waals surface area contributed by atoms with Gasteiger partial charge < -0.3 is 4.74 Å². The van der Waals surface area contributed by atoms with Crippen LogP contribution in [0.15, 0.2) is 24.3 Å². The molecule has 80 valence electrons. The fraction of sp³-hybridized carbons (Fsp3) is 0.333. The lowest BCUT2D eigenvalue weighted by Crippen LogP contribution is -2.10. The van der Waals surface area contributed by atoms with E-state index in [2.05, 4.69) is 10.8 Å². The van der Waals surface area contributed by atoms with Crippen molar-refractivity contribution in [2.75, 3.05) is 0 Å². The molecule has 1 aromatic rings. The standard InChI is InChI=1S/C12H14ClNO/c1-4-9(2)15-12-7-5-6-11(8-12)10(3)14-13/h1,5-10,14H,2-3H3/t9-,10-/m1/s1.